The zero-order chi connectivity index (χ0) is 23.7. The van der Waals surface area contributed by atoms with Gasteiger partial charge in [0.25, 0.3) is 15.9 Å². The number of carbonyl (C=O) groups excluding carboxylic acids is 1. The van der Waals surface area contributed by atoms with Gasteiger partial charge >= 0.3 is 0 Å². The maximum atomic E-state index is 12.6. The third-order valence-corrected chi connectivity index (χ3v) is 6.36. The molecule has 0 heterocycles. The summed E-state index contributed by atoms with van der Waals surface area (Å²) in [6.07, 6.45) is 1.70. The smallest absolute Gasteiger partial charge is 0.261 e. The fourth-order valence-corrected chi connectivity index (χ4v) is 4.21. The Morgan fingerprint density at radius 3 is 2.18 bits per heavy atom. The number of amides is 1. The van der Waals surface area contributed by atoms with Crippen molar-refractivity contribution >= 4 is 21.6 Å². The first-order valence-corrected chi connectivity index (χ1v) is 12.1. The minimum atomic E-state index is -3.75. The number of ether oxygens (including phenoxy) is 2. The van der Waals surface area contributed by atoms with Crippen LogP contribution >= 0.6 is 0 Å². The maximum absolute atomic E-state index is 12.6. The highest BCUT2D eigenvalue weighted by Gasteiger charge is 2.15. The van der Waals surface area contributed by atoms with Crippen LogP contribution in [0.2, 0.25) is 0 Å². The third kappa shape index (κ3) is 7.54. The summed E-state index contributed by atoms with van der Waals surface area (Å²) < 4.78 is 38.2. The minimum absolute atomic E-state index is 0.0119. The van der Waals surface area contributed by atoms with Crippen LogP contribution in [0.5, 0.6) is 11.5 Å². The lowest BCUT2D eigenvalue weighted by Crippen LogP contribution is -2.36. The first kappa shape index (κ1) is 24.1. The summed E-state index contributed by atoms with van der Waals surface area (Å²) in [5.41, 5.74) is 1.65. The molecular formula is C25H28N2O5S. The number of sulfonamides is 1. The van der Waals surface area contributed by atoms with Crippen LogP contribution in [0, 0.1) is 0 Å². The second kappa shape index (κ2) is 11.4. The van der Waals surface area contributed by atoms with E-state index < -0.39 is 10.0 Å². The molecule has 0 aliphatic heterocycles. The highest BCUT2D eigenvalue weighted by Crippen LogP contribution is 2.21. The quantitative estimate of drug-likeness (QED) is 0.443. The van der Waals surface area contributed by atoms with Crippen molar-refractivity contribution in [1.82, 2.24) is 5.32 Å². The first-order valence-electron chi connectivity index (χ1n) is 10.6. The van der Waals surface area contributed by atoms with E-state index in [1.807, 2.05) is 25.1 Å². The molecule has 0 unspecified atom stereocenters. The molecule has 2 N–H and O–H groups in total. The fraction of sp³-hybridized carbons (Fsp3) is 0.240. The van der Waals surface area contributed by atoms with Crippen molar-refractivity contribution in [1.29, 1.82) is 0 Å². The van der Waals surface area contributed by atoms with E-state index in [0.717, 1.165) is 12.8 Å². The monoisotopic (exact) mass is 468 g/mol. The van der Waals surface area contributed by atoms with Gasteiger partial charge in [0.1, 0.15) is 11.5 Å². The van der Waals surface area contributed by atoms with Crippen molar-refractivity contribution in [3.63, 3.8) is 0 Å². The molecule has 0 radical (unpaired) electrons. The largest absolute Gasteiger partial charge is 0.497 e. The lowest BCUT2D eigenvalue weighted by atomic mass is 10.1. The molecule has 3 aromatic rings. The van der Waals surface area contributed by atoms with E-state index in [2.05, 4.69) is 22.2 Å². The summed E-state index contributed by atoms with van der Waals surface area (Å²) in [5.74, 6) is 0.813. The van der Waals surface area contributed by atoms with Crippen molar-refractivity contribution in [2.75, 3.05) is 18.4 Å². The van der Waals surface area contributed by atoms with Gasteiger partial charge in [-0.25, -0.2) is 8.42 Å². The Bertz CT molecular complexity index is 1130. The third-order valence-electron chi connectivity index (χ3n) is 4.96. The highest BCUT2D eigenvalue weighted by atomic mass is 32.2. The lowest BCUT2D eigenvalue weighted by Gasteiger charge is -2.14. The van der Waals surface area contributed by atoms with E-state index in [0.29, 0.717) is 17.2 Å². The molecular weight excluding hydrogens is 440 g/mol. The van der Waals surface area contributed by atoms with Gasteiger partial charge in [-0.3, -0.25) is 9.52 Å². The van der Waals surface area contributed by atoms with Crippen LogP contribution in [0.3, 0.4) is 0 Å². The Morgan fingerprint density at radius 1 is 0.909 bits per heavy atom. The average molecular weight is 469 g/mol. The van der Waals surface area contributed by atoms with Crippen molar-refractivity contribution in [3.05, 3.63) is 84.4 Å². The van der Waals surface area contributed by atoms with Gasteiger partial charge < -0.3 is 14.8 Å². The first-order chi connectivity index (χ1) is 15.9. The molecule has 0 saturated carbocycles. The van der Waals surface area contributed by atoms with Crippen LogP contribution in [0.15, 0.2) is 83.8 Å². The van der Waals surface area contributed by atoms with Gasteiger partial charge in [0.15, 0.2) is 6.61 Å². The van der Waals surface area contributed by atoms with Gasteiger partial charge in [0.2, 0.25) is 0 Å². The molecule has 1 atom stereocenters. The Hall–Kier alpha value is -3.52. The van der Waals surface area contributed by atoms with Crippen molar-refractivity contribution in [2.24, 2.45) is 0 Å². The van der Waals surface area contributed by atoms with Crippen LogP contribution in [-0.2, 0) is 21.2 Å². The number of methoxy groups -OCH3 is 1. The van der Waals surface area contributed by atoms with Crippen LogP contribution < -0.4 is 19.5 Å². The summed E-state index contributed by atoms with van der Waals surface area (Å²) in [4.78, 5) is 12.2. The zero-order valence-corrected chi connectivity index (χ0v) is 19.5. The lowest BCUT2D eigenvalue weighted by molar-refractivity contribution is -0.123. The second-order valence-electron chi connectivity index (χ2n) is 7.59. The topological polar surface area (TPSA) is 93.7 Å². The normalized spacial score (nSPS) is 11.9. The molecule has 0 aliphatic rings. The van der Waals surface area contributed by atoms with E-state index in [1.54, 1.807) is 31.4 Å². The molecule has 0 aromatic heterocycles. The minimum Gasteiger partial charge on any atom is -0.497 e. The number of hydrogen-bond acceptors (Lipinski definition) is 5. The Balaban J connectivity index is 1.46. The zero-order valence-electron chi connectivity index (χ0n) is 18.7. The standard InChI is InChI=1S/C25H28N2O5S/c1-19(8-9-20-6-4-3-5-7-20)26-25(28)18-32-23-14-16-24(17-15-23)33(29,30)27-21-10-12-22(31-2)13-11-21/h3-7,10-17,19,27H,8-9,18H2,1-2H3,(H,26,28)/t19-/m1/s1. The van der Waals surface area contributed by atoms with Crippen molar-refractivity contribution in [2.45, 2.75) is 30.7 Å². The van der Waals surface area contributed by atoms with Crippen LogP contribution in [-0.4, -0.2) is 34.1 Å². The molecule has 3 rings (SSSR count). The predicted molar refractivity (Wildman–Crippen MR) is 128 cm³/mol. The summed E-state index contributed by atoms with van der Waals surface area (Å²) >= 11 is 0. The highest BCUT2D eigenvalue weighted by molar-refractivity contribution is 7.92. The molecule has 1 amide bonds. The Morgan fingerprint density at radius 2 is 1.55 bits per heavy atom. The van der Waals surface area contributed by atoms with Crippen LogP contribution in [0.1, 0.15) is 18.9 Å². The molecule has 8 heteroatoms. The van der Waals surface area contributed by atoms with Gasteiger partial charge in [-0.15, -0.1) is 0 Å². The van der Waals surface area contributed by atoms with Crippen LogP contribution in [0.25, 0.3) is 0 Å². The molecule has 174 valence electrons. The van der Waals surface area contributed by atoms with E-state index in [1.165, 1.54) is 29.8 Å². The van der Waals surface area contributed by atoms with Gasteiger partial charge in [-0.2, -0.15) is 0 Å². The molecule has 0 saturated heterocycles. The fourth-order valence-electron chi connectivity index (χ4n) is 3.15. The maximum Gasteiger partial charge on any atom is 0.261 e. The second-order valence-corrected chi connectivity index (χ2v) is 9.27. The summed E-state index contributed by atoms with van der Waals surface area (Å²) in [5, 5.41) is 2.91. The number of anilines is 1. The molecule has 0 bridgehead atoms. The van der Waals surface area contributed by atoms with Crippen LogP contribution in [0.4, 0.5) is 5.69 Å². The molecule has 0 fully saturated rings. The molecule has 3 aromatic carbocycles. The number of nitrogens with one attached hydrogen (secondary N) is 2. The number of hydrogen-bond donors (Lipinski definition) is 2. The van der Waals surface area contributed by atoms with Gasteiger partial charge in [0.05, 0.1) is 12.0 Å². The van der Waals surface area contributed by atoms with E-state index in [-0.39, 0.29) is 23.5 Å². The molecule has 7 nitrogen and oxygen atoms in total. The summed E-state index contributed by atoms with van der Waals surface area (Å²) in [7, 11) is -2.21. The average Bonchev–Trinajstić information content (AvgIpc) is 2.82. The van der Waals surface area contributed by atoms with E-state index in [9.17, 15) is 13.2 Å². The van der Waals surface area contributed by atoms with Gasteiger partial charge in [-0.05, 0) is 73.9 Å². The van der Waals surface area contributed by atoms with Crippen molar-refractivity contribution < 1.29 is 22.7 Å². The summed E-state index contributed by atoms with van der Waals surface area (Å²) in [6, 6.07) is 22.6. The number of carbonyl (C=O) groups is 1. The number of aryl methyl sites for hydroxylation is 1. The summed E-state index contributed by atoms with van der Waals surface area (Å²) in [6.45, 7) is 1.81. The number of benzene rings is 3. The van der Waals surface area contributed by atoms with E-state index >= 15 is 0 Å². The van der Waals surface area contributed by atoms with Gasteiger partial charge in [-0.1, -0.05) is 30.3 Å². The number of rotatable bonds is 11. The van der Waals surface area contributed by atoms with E-state index in [4.69, 9.17) is 9.47 Å². The Labute approximate surface area is 194 Å². The SMILES string of the molecule is COc1ccc(NS(=O)(=O)c2ccc(OCC(=O)N[C@H](C)CCc3ccccc3)cc2)cc1. The Kier molecular flexibility index (Phi) is 8.32. The van der Waals surface area contributed by atoms with Crippen molar-refractivity contribution in [3.8, 4) is 11.5 Å². The van der Waals surface area contributed by atoms with Gasteiger partial charge in [0, 0.05) is 11.7 Å². The predicted octanol–water partition coefficient (Wildman–Crippen LogP) is 4.01. The molecule has 0 aliphatic carbocycles. The molecule has 33 heavy (non-hydrogen) atoms. The molecule has 0 spiro atoms.